The monoisotopic (exact) mass is 205 g/mol. The Morgan fingerprint density at radius 2 is 1.80 bits per heavy atom. The standard InChI is InChI=1S/C13H19NO/c1-5-9-13(14(3)4)11-8-6-7-10-12(2)15/h5-11,15H,2H2,1,3-4H3/b8-6+,9-5-,10-7+,13-11+. The summed E-state index contributed by atoms with van der Waals surface area (Å²) in [5, 5.41) is 8.78. The number of hydrogen-bond acceptors (Lipinski definition) is 2. The van der Waals surface area contributed by atoms with Gasteiger partial charge in [-0.3, -0.25) is 0 Å². The largest absolute Gasteiger partial charge is 0.509 e. The molecule has 0 rings (SSSR count). The third-order valence-electron chi connectivity index (χ3n) is 1.63. The normalized spacial score (nSPS) is 13.1. The smallest absolute Gasteiger partial charge is 0.108 e. The number of nitrogens with zero attached hydrogens (tertiary/aromatic N) is 1. The van der Waals surface area contributed by atoms with Crippen molar-refractivity contribution in [3.63, 3.8) is 0 Å². The summed E-state index contributed by atoms with van der Waals surface area (Å²) < 4.78 is 0. The fourth-order valence-electron chi connectivity index (χ4n) is 0.909. The first-order valence-electron chi connectivity index (χ1n) is 4.81. The van der Waals surface area contributed by atoms with Gasteiger partial charge in [0.1, 0.15) is 5.76 Å². The minimum atomic E-state index is 0.0601. The average Bonchev–Trinajstić information content (AvgIpc) is 2.15. The Morgan fingerprint density at radius 1 is 1.13 bits per heavy atom. The summed E-state index contributed by atoms with van der Waals surface area (Å²) in [5.74, 6) is 0.0601. The highest BCUT2D eigenvalue weighted by molar-refractivity contribution is 5.24. The van der Waals surface area contributed by atoms with Gasteiger partial charge in [-0.25, -0.2) is 0 Å². The van der Waals surface area contributed by atoms with Crippen LogP contribution in [0.3, 0.4) is 0 Å². The van der Waals surface area contributed by atoms with Crippen LogP contribution in [0, 0.1) is 0 Å². The molecule has 0 aromatic carbocycles. The van der Waals surface area contributed by atoms with E-state index < -0.39 is 0 Å². The van der Waals surface area contributed by atoms with Gasteiger partial charge in [0.15, 0.2) is 0 Å². The van der Waals surface area contributed by atoms with Crippen LogP contribution >= 0.6 is 0 Å². The van der Waals surface area contributed by atoms with Crippen LogP contribution in [0.15, 0.2) is 60.6 Å². The summed E-state index contributed by atoms with van der Waals surface area (Å²) in [6, 6.07) is 0. The molecule has 15 heavy (non-hydrogen) atoms. The lowest BCUT2D eigenvalue weighted by Gasteiger charge is -2.12. The number of aliphatic hydroxyl groups is 1. The van der Waals surface area contributed by atoms with Gasteiger partial charge in [0.2, 0.25) is 0 Å². The zero-order chi connectivity index (χ0) is 11.7. The third-order valence-corrected chi connectivity index (χ3v) is 1.63. The average molecular weight is 205 g/mol. The molecule has 0 bridgehead atoms. The molecule has 0 atom stereocenters. The predicted octanol–water partition coefficient (Wildman–Crippen LogP) is 3.19. The van der Waals surface area contributed by atoms with E-state index >= 15 is 0 Å². The number of aliphatic hydroxyl groups excluding tert-OH is 1. The van der Waals surface area contributed by atoms with Gasteiger partial charge < -0.3 is 10.0 Å². The quantitative estimate of drug-likeness (QED) is 0.550. The topological polar surface area (TPSA) is 23.5 Å². The van der Waals surface area contributed by atoms with E-state index in [1.807, 2.05) is 56.3 Å². The van der Waals surface area contributed by atoms with Crippen molar-refractivity contribution >= 4 is 0 Å². The summed E-state index contributed by atoms with van der Waals surface area (Å²) in [6.07, 6.45) is 13.0. The Kier molecular flexibility index (Phi) is 6.81. The van der Waals surface area contributed by atoms with E-state index in [0.717, 1.165) is 5.70 Å². The van der Waals surface area contributed by atoms with Crippen molar-refractivity contribution in [1.29, 1.82) is 0 Å². The number of allylic oxidation sites excluding steroid dienone is 7. The van der Waals surface area contributed by atoms with Crippen LogP contribution in [0.2, 0.25) is 0 Å². The second kappa shape index (κ2) is 7.68. The summed E-state index contributed by atoms with van der Waals surface area (Å²) >= 11 is 0. The molecule has 0 radical (unpaired) electrons. The molecule has 0 fully saturated rings. The summed E-state index contributed by atoms with van der Waals surface area (Å²) in [6.45, 7) is 5.33. The maximum atomic E-state index is 8.78. The van der Waals surface area contributed by atoms with Gasteiger partial charge in [0.25, 0.3) is 0 Å². The predicted molar refractivity (Wildman–Crippen MR) is 66.6 cm³/mol. The number of hydrogen-bond donors (Lipinski definition) is 1. The van der Waals surface area contributed by atoms with Gasteiger partial charge in [-0.05, 0) is 25.2 Å². The SMILES string of the molecule is C=C(O)/C=C/C=C/C=C(\C=C/C)N(C)C. The van der Waals surface area contributed by atoms with Crippen LogP contribution in [0.4, 0.5) is 0 Å². The molecular weight excluding hydrogens is 186 g/mol. The molecule has 0 saturated carbocycles. The minimum Gasteiger partial charge on any atom is -0.509 e. The lowest BCUT2D eigenvalue weighted by molar-refractivity contribution is 0.435. The highest BCUT2D eigenvalue weighted by atomic mass is 16.3. The van der Waals surface area contributed by atoms with Crippen molar-refractivity contribution in [2.75, 3.05) is 14.1 Å². The molecule has 0 aromatic heterocycles. The molecule has 0 saturated heterocycles. The van der Waals surface area contributed by atoms with E-state index in [0.29, 0.717) is 0 Å². The molecule has 82 valence electrons. The Labute approximate surface area is 92.2 Å². The van der Waals surface area contributed by atoms with Gasteiger partial charge >= 0.3 is 0 Å². The molecule has 0 amide bonds. The first-order valence-corrected chi connectivity index (χ1v) is 4.81. The van der Waals surface area contributed by atoms with Crippen molar-refractivity contribution < 1.29 is 5.11 Å². The molecule has 0 aliphatic heterocycles. The Morgan fingerprint density at radius 3 is 2.27 bits per heavy atom. The van der Waals surface area contributed by atoms with Gasteiger partial charge in [-0.1, -0.05) is 30.9 Å². The van der Waals surface area contributed by atoms with Crippen LogP contribution in [-0.4, -0.2) is 24.1 Å². The van der Waals surface area contributed by atoms with Gasteiger partial charge in [-0.15, -0.1) is 0 Å². The van der Waals surface area contributed by atoms with E-state index in [1.54, 1.807) is 6.08 Å². The second-order valence-corrected chi connectivity index (χ2v) is 3.22. The first-order chi connectivity index (χ1) is 7.07. The van der Waals surface area contributed by atoms with Gasteiger partial charge in [0.05, 0.1) is 0 Å². The van der Waals surface area contributed by atoms with Crippen molar-refractivity contribution in [2.45, 2.75) is 6.92 Å². The Balaban J connectivity index is 4.39. The van der Waals surface area contributed by atoms with Crippen molar-refractivity contribution in [3.8, 4) is 0 Å². The maximum absolute atomic E-state index is 8.78. The van der Waals surface area contributed by atoms with E-state index in [9.17, 15) is 0 Å². The Bertz CT molecular complexity index is 306. The van der Waals surface area contributed by atoms with Gasteiger partial charge in [-0.2, -0.15) is 0 Å². The summed E-state index contributed by atoms with van der Waals surface area (Å²) in [7, 11) is 3.98. The lowest BCUT2D eigenvalue weighted by atomic mass is 10.3. The third kappa shape index (κ3) is 7.38. The second-order valence-electron chi connectivity index (χ2n) is 3.22. The van der Waals surface area contributed by atoms with E-state index in [1.165, 1.54) is 6.08 Å². The molecule has 0 aliphatic carbocycles. The molecular formula is C13H19NO. The van der Waals surface area contributed by atoms with Crippen LogP contribution in [0.25, 0.3) is 0 Å². The Hall–Kier alpha value is -1.70. The van der Waals surface area contributed by atoms with E-state index in [4.69, 9.17) is 5.11 Å². The molecule has 0 unspecified atom stereocenters. The lowest BCUT2D eigenvalue weighted by Crippen LogP contribution is -2.08. The number of rotatable bonds is 5. The molecule has 0 aliphatic rings. The highest BCUT2D eigenvalue weighted by Gasteiger charge is 1.89. The molecule has 0 spiro atoms. The van der Waals surface area contributed by atoms with Crippen LogP contribution < -0.4 is 0 Å². The zero-order valence-corrected chi connectivity index (χ0v) is 9.64. The summed E-state index contributed by atoms with van der Waals surface area (Å²) in [5.41, 5.74) is 1.12. The molecule has 2 nitrogen and oxygen atoms in total. The van der Waals surface area contributed by atoms with E-state index in [2.05, 4.69) is 6.58 Å². The van der Waals surface area contributed by atoms with Crippen LogP contribution in [-0.2, 0) is 0 Å². The fraction of sp³-hybridized carbons (Fsp3) is 0.231. The van der Waals surface area contributed by atoms with Crippen molar-refractivity contribution in [1.82, 2.24) is 4.90 Å². The molecule has 0 heterocycles. The van der Waals surface area contributed by atoms with Crippen molar-refractivity contribution in [3.05, 3.63) is 60.6 Å². The van der Waals surface area contributed by atoms with Crippen molar-refractivity contribution in [2.24, 2.45) is 0 Å². The van der Waals surface area contributed by atoms with Gasteiger partial charge in [0, 0.05) is 19.8 Å². The highest BCUT2D eigenvalue weighted by Crippen LogP contribution is 2.00. The molecule has 2 heteroatoms. The van der Waals surface area contributed by atoms with Crippen LogP contribution in [0.5, 0.6) is 0 Å². The fourth-order valence-corrected chi connectivity index (χ4v) is 0.909. The molecule has 1 N–H and O–H groups in total. The maximum Gasteiger partial charge on any atom is 0.108 e. The first kappa shape index (κ1) is 13.3. The number of likely N-dealkylation sites (N-methyl/N-ethyl adjacent to an activating group) is 1. The zero-order valence-electron chi connectivity index (χ0n) is 9.64. The minimum absolute atomic E-state index is 0.0601. The summed E-state index contributed by atoms with van der Waals surface area (Å²) in [4.78, 5) is 2.03. The van der Waals surface area contributed by atoms with E-state index in [-0.39, 0.29) is 5.76 Å². The van der Waals surface area contributed by atoms with Crippen LogP contribution in [0.1, 0.15) is 6.92 Å². The molecule has 0 aromatic rings.